The Hall–Kier alpha value is -3.12. The Morgan fingerprint density at radius 2 is 2.23 bits per heavy atom. The maximum atomic E-state index is 10.5. The summed E-state index contributed by atoms with van der Waals surface area (Å²) < 4.78 is 11.5. The van der Waals surface area contributed by atoms with Gasteiger partial charge in [0.15, 0.2) is 5.88 Å². The van der Waals surface area contributed by atoms with E-state index in [1.165, 1.54) is 0 Å². The standard InChI is InChI=1S/C20H17N3O3/c24-20-14(8-12-4-5-15-17(9-12)22-11-21-15)19-16(23-20)2-1-3-18(19)26-13-6-7-25-10-13/h1-5,8-9,11,13,23-24H,6-7,10H2/b12-8+. The molecule has 2 aliphatic rings. The van der Waals surface area contributed by atoms with Gasteiger partial charge in [0.2, 0.25) is 0 Å². The van der Waals surface area contributed by atoms with Gasteiger partial charge in [-0.05, 0) is 35.6 Å². The number of nitrogens with zero attached hydrogens (tertiary/aromatic N) is 2. The number of benzene rings is 2. The van der Waals surface area contributed by atoms with Crippen molar-refractivity contribution in [3.63, 3.8) is 0 Å². The average Bonchev–Trinajstić information content (AvgIpc) is 3.36. The Bertz CT molecular complexity index is 1140. The van der Waals surface area contributed by atoms with Crippen molar-refractivity contribution in [1.82, 2.24) is 4.98 Å². The molecule has 3 aromatic rings. The van der Waals surface area contributed by atoms with Crippen molar-refractivity contribution in [1.29, 1.82) is 0 Å². The molecule has 5 rings (SSSR count). The summed E-state index contributed by atoms with van der Waals surface area (Å²) in [5.74, 6) is 0.863. The number of hydrogen-bond donors (Lipinski definition) is 2. The molecule has 2 aliphatic heterocycles. The molecule has 2 aromatic carbocycles. The van der Waals surface area contributed by atoms with Crippen molar-refractivity contribution in [2.75, 3.05) is 13.2 Å². The van der Waals surface area contributed by atoms with Gasteiger partial charge < -0.3 is 19.6 Å². The van der Waals surface area contributed by atoms with Crippen molar-refractivity contribution in [2.45, 2.75) is 12.5 Å². The van der Waals surface area contributed by atoms with E-state index in [1.807, 2.05) is 42.5 Å². The summed E-state index contributed by atoms with van der Waals surface area (Å²) in [6.45, 7) is 1.32. The van der Waals surface area contributed by atoms with E-state index >= 15 is 0 Å². The van der Waals surface area contributed by atoms with Crippen molar-refractivity contribution in [3.05, 3.63) is 52.5 Å². The molecule has 1 fully saturated rings. The fourth-order valence-corrected chi connectivity index (χ4v) is 3.41. The van der Waals surface area contributed by atoms with Crippen LogP contribution in [-0.2, 0) is 4.74 Å². The van der Waals surface area contributed by atoms with E-state index in [4.69, 9.17) is 9.47 Å². The third kappa shape index (κ3) is 2.55. The molecule has 26 heavy (non-hydrogen) atoms. The zero-order valence-corrected chi connectivity index (χ0v) is 14.0. The zero-order valence-electron chi connectivity index (χ0n) is 14.0. The number of nitrogens with one attached hydrogen (secondary N) is 1. The molecule has 0 amide bonds. The lowest BCUT2D eigenvalue weighted by Gasteiger charge is -2.13. The van der Waals surface area contributed by atoms with Crippen LogP contribution < -0.4 is 15.3 Å². The fourth-order valence-electron chi connectivity index (χ4n) is 3.41. The van der Waals surface area contributed by atoms with E-state index in [0.717, 1.165) is 45.9 Å². The highest BCUT2D eigenvalue weighted by Crippen LogP contribution is 2.35. The molecular weight excluding hydrogens is 330 g/mol. The van der Waals surface area contributed by atoms with Crippen LogP contribution in [0.2, 0.25) is 0 Å². The smallest absolute Gasteiger partial charge is 0.197 e. The minimum atomic E-state index is 0.0430. The Balaban J connectivity index is 1.65. The monoisotopic (exact) mass is 347 g/mol. The van der Waals surface area contributed by atoms with Gasteiger partial charge in [0.25, 0.3) is 0 Å². The minimum absolute atomic E-state index is 0.0430. The number of fused-ring (bicyclic) bond motifs is 2. The maximum Gasteiger partial charge on any atom is 0.197 e. The van der Waals surface area contributed by atoms with Crippen LogP contribution in [0.5, 0.6) is 11.6 Å². The second kappa shape index (κ2) is 6.00. The molecule has 6 nitrogen and oxygen atoms in total. The van der Waals surface area contributed by atoms with Crippen LogP contribution in [0.1, 0.15) is 12.0 Å². The number of H-pyrrole nitrogens is 1. The first-order valence-electron chi connectivity index (χ1n) is 8.58. The molecule has 2 N–H and O–H groups in total. The third-order valence-electron chi connectivity index (χ3n) is 4.69. The molecular formula is C20H17N3O3. The van der Waals surface area contributed by atoms with Crippen molar-refractivity contribution < 1.29 is 14.6 Å². The second-order valence-electron chi connectivity index (χ2n) is 6.44. The number of rotatable bonds is 3. The van der Waals surface area contributed by atoms with Crippen LogP contribution >= 0.6 is 0 Å². The first-order chi connectivity index (χ1) is 12.8. The van der Waals surface area contributed by atoms with Crippen LogP contribution in [-0.4, -0.2) is 35.7 Å². The number of aromatic nitrogens is 1. The molecule has 0 radical (unpaired) electrons. The highest BCUT2D eigenvalue weighted by Gasteiger charge is 2.20. The van der Waals surface area contributed by atoms with Crippen LogP contribution in [0.3, 0.4) is 0 Å². The van der Waals surface area contributed by atoms with Crippen molar-refractivity contribution in [3.8, 4) is 11.6 Å². The van der Waals surface area contributed by atoms with E-state index in [0.29, 0.717) is 12.2 Å². The fraction of sp³-hybridized carbons (Fsp3) is 0.200. The molecule has 1 unspecified atom stereocenters. The molecule has 1 atom stereocenters. The summed E-state index contributed by atoms with van der Waals surface area (Å²) in [5, 5.41) is 13.1. The van der Waals surface area contributed by atoms with E-state index in [1.54, 1.807) is 6.34 Å². The van der Waals surface area contributed by atoms with Gasteiger partial charge in [-0.15, -0.1) is 0 Å². The summed E-state index contributed by atoms with van der Waals surface area (Å²) in [6.07, 6.45) is 4.40. The third-order valence-corrected chi connectivity index (χ3v) is 4.69. The van der Waals surface area contributed by atoms with Gasteiger partial charge in [-0.25, -0.2) is 9.98 Å². The predicted molar refractivity (Wildman–Crippen MR) is 98.8 cm³/mol. The molecule has 3 heterocycles. The number of aromatic hydroxyl groups is 1. The van der Waals surface area contributed by atoms with Crippen molar-refractivity contribution in [2.24, 2.45) is 9.98 Å². The first-order valence-corrected chi connectivity index (χ1v) is 8.58. The first kappa shape index (κ1) is 15.2. The lowest BCUT2D eigenvalue weighted by atomic mass is 10.1. The molecule has 0 bridgehead atoms. The number of aliphatic imine (C=N–C) groups is 1. The second-order valence-corrected chi connectivity index (χ2v) is 6.44. The van der Waals surface area contributed by atoms with E-state index < -0.39 is 0 Å². The number of ether oxygens (including phenoxy) is 2. The summed E-state index contributed by atoms with van der Waals surface area (Å²) in [7, 11) is 0. The summed E-state index contributed by atoms with van der Waals surface area (Å²) in [5.41, 5.74) is 2.37. The Morgan fingerprint density at radius 1 is 1.27 bits per heavy atom. The largest absolute Gasteiger partial charge is 0.494 e. The highest BCUT2D eigenvalue weighted by molar-refractivity contribution is 5.96. The van der Waals surface area contributed by atoms with Crippen molar-refractivity contribution >= 4 is 29.0 Å². The van der Waals surface area contributed by atoms with Crippen LogP contribution in [0.25, 0.3) is 17.0 Å². The Morgan fingerprint density at radius 3 is 3.12 bits per heavy atom. The molecule has 130 valence electrons. The maximum absolute atomic E-state index is 10.5. The van der Waals surface area contributed by atoms with Gasteiger partial charge in [0.05, 0.1) is 35.2 Å². The Labute approximate surface area is 149 Å². The SMILES string of the molecule is Oc1[nH]c2cccc(OC3CCOC3)c2c1/C=c1\ccc2c(c1)N=CN=2. The van der Waals surface area contributed by atoms with E-state index in [2.05, 4.69) is 15.0 Å². The highest BCUT2D eigenvalue weighted by atomic mass is 16.5. The summed E-state index contributed by atoms with van der Waals surface area (Å²) in [6, 6.07) is 11.6. The molecule has 6 heteroatoms. The van der Waals surface area contributed by atoms with Crippen LogP contribution in [0.15, 0.2) is 46.4 Å². The number of aromatic amines is 1. The lowest BCUT2D eigenvalue weighted by Crippen LogP contribution is -2.15. The van der Waals surface area contributed by atoms with Gasteiger partial charge in [-0.2, -0.15) is 0 Å². The molecule has 1 aromatic heterocycles. The lowest BCUT2D eigenvalue weighted by molar-refractivity contribution is 0.142. The summed E-state index contributed by atoms with van der Waals surface area (Å²) >= 11 is 0. The minimum Gasteiger partial charge on any atom is -0.494 e. The van der Waals surface area contributed by atoms with Gasteiger partial charge in [0.1, 0.15) is 18.2 Å². The predicted octanol–water partition coefficient (Wildman–Crippen LogP) is 2.16. The normalized spacial score (nSPS) is 19.1. The van der Waals surface area contributed by atoms with Gasteiger partial charge >= 0.3 is 0 Å². The Kier molecular flexibility index (Phi) is 3.50. The molecule has 0 spiro atoms. The van der Waals surface area contributed by atoms with Gasteiger partial charge in [-0.1, -0.05) is 12.1 Å². The van der Waals surface area contributed by atoms with Gasteiger partial charge in [-0.3, -0.25) is 0 Å². The quantitative estimate of drug-likeness (QED) is 0.762. The molecule has 0 saturated carbocycles. The van der Waals surface area contributed by atoms with Crippen LogP contribution in [0.4, 0.5) is 5.69 Å². The van der Waals surface area contributed by atoms with Crippen LogP contribution in [0, 0.1) is 0 Å². The zero-order chi connectivity index (χ0) is 17.5. The molecule has 0 aliphatic carbocycles. The molecule has 1 saturated heterocycles. The average molecular weight is 347 g/mol. The summed E-state index contributed by atoms with van der Waals surface area (Å²) in [4.78, 5) is 11.5. The van der Waals surface area contributed by atoms with Gasteiger partial charge in [0, 0.05) is 12.0 Å². The number of hydrogen-bond acceptors (Lipinski definition) is 5. The van der Waals surface area contributed by atoms with E-state index in [9.17, 15) is 5.11 Å². The van der Waals surface area contributed by atoms with E-state index in [-0.39, 0.29) is 12.0 Å². The topological polar surface area (TPSA) is 79.2 Å².